The fourth-order valence-corrected chi connectivity index (χ4v) is 3.72. The Labute approximate surface area is 201 Å². The summed E-state index contributed by atoms with van der Waals surface area (Å²) in [6, 6.07) is 10.4. The number of carbonyl (C=O) groups excluding carboxylic acids is 1. The molecule has 0 radical (unpaired) electrons. The Balaban J connectivity index is 0.00000341. The largest absolute Gasteiger partial charge is 0.450 e. The van der Waals surface area contributed by atoms with Crippen LogP contribution in [-0.4, -0.2) is 71.5 Å². The Morgan fingerprint density at radius 2 is 1.77 bits per heavy atom. The van der Waals surface area contributed by atoms with Gasteiger partial charge in [-0.3, -0.25) is 9.67 Å². The lowest BCUT2D eigenvalue weighted by atomic mass is 10.2. The number of hydrogen-bond acceptors (Lipinski definition) is 4. The molecule has 8 nitrogen and oxygen atoms in total. The van der Waals surface area contributed by atoms with Crippen molar-refractivity contribution in [3.8, 4) is 0 Å². The van der Waals surface area contributed by atoms with Gasteiger partial charge in [-0.2, -0.15) is 5.10 Å². The average Bonchev–Trinajstić information content (AvgIpc) is 3.02. The molecule has 0 saturated carbocycles. The Morgan fingerprint density at radius 3 is 2.39 bits per heavy atom. The number of benzene rings is 1. The van der Waals surface area contributed by atoms with Crippen molar-refractivity contribution in [1.29, 1.82) is 0 Å². The van der Waals surface area contributed by atoms with Gasteiger partial charge in [-0.15, -0.1) is 24.0 Å². The van der Waals surface area contributed by atoms with Gasteiger partial charge < -0.3 is 19.9 Å². The number of carbonyl (C=O) groups is 1. The van der Waals surface area contributed by atoms with Crippen LogP contribution in [-0.2, 0) is 17.8 Å². The normalized spacial score (nSPS) is 14.3. The van der Waals surface area contributed by atoms with Crippen LogP contribution in [0, 0.1) is 13.8 Å². The van der Waals surface area contributed by atoms with E-state index in [2.05, 4.69) is 51.1 Å². The smallest absolute Gasteiger partial charge is 0.409 e. The summed E-state index contributed by atoms with van der Waals surface area (Å²) in [7, 11) is 1.79. The lowest BCUT2D eigenvalue weighted by Crippen LogP contribution is -2.53. The first kappa shape index (κ1) is 25.0. The molecule has 1 N–H and O–H groups in total. The van der Waals surface area contributed by atoms with E-state index in [0.29, 0.717) is 26.2 Å². The van der Waals surface area contributed by atoms with Crippen molar-refractivity contribution >= 4 is 36.0 Å². The highest BCUT2D eigenvalue weighted by atomic mass is 127. The summed E-state index contributed by atoms with van der Waals surface area (Å²) in [5, 5.41) is 8.21. The number of aromatic nitrogens is 2. The van der Waals surface area contributed by atoms with E-state index in [4.69, 9.17) is 9.84 Å². The van der Waals surface area contributed by atoms with Gasteiger partial charge in [-0.25, -0.2) is 4.79 Å². The zero-order chi connectivity index (χ0) is 21.5. The van der Waals surface area contributed by atoms with Gasteiger partial charge in [0, 0.05) is 51.0 Å². The van der Waals surface area contributed by atoms with Crippen molar-refractivity contribution in [2.24, 2.45) is 4.99 Å². The van der Waals surface area contributed by atoms with Gasteiger partial charge in [-0.1, -0.05) is 30.3 Å². The van der Waals surface area contributed by atoms with Crippen LogP contribution < -0.4 is 5.32 Å². The molecule has 2 heterocycles. The summed E-state index contributed by atoms with van der Waals surface area (Å²) < 4.78 is 7.15. The summed E-state index contributed by atoms with van der Waals surface area (Å²) in [5.41, 5.74) is 4.61. The van der Waals surface area contributed by atoms with Crippen molar-refractivity contribution in [2.45, 2.75) is 33.9 Å². The van der Waals surface area contributed by atoms with E-state index >= 15 is 0 Å². The molecule has 31 heavy (non-hydrogen) atoms. The minimum atomic E-state index is -0.239. The van der Waals surface area contributed by atoms with Gasteiger partial charge in [0.05, 0.1) is 18.8 Å². The summed E-state index contributed by atoms with van der Waals surface area (Å²) in [6.45, 7) is 10.5. The molecule has 0 unspecified atom stereocenters. The Morgan fingerprint density at radius 1 is 1.13 bits per heavy atom. The molecule has 170 valence electrons. The fraction of sp³-hybridized carbons (Fsp3) is 0.500. The third-order valence-electron chi connectivity index (χ3n) is 5.45. The highest BCUT2D eigenvalue weighted by molar-refractivity contribution is 14.0. The van der Waals surface area contributed by atoms with Crippen LogP contribution in [0.5, 0.6) is 0 Å². The molecule has 0 spiro atoms. The molecule has 1 aliphatic heterocycles. The number of halogens is 1. The first-order valence-corrected chi connectivity index (χ1v) is 10.5. The highest BCUT2D eigenvalue weighted by Crippen LogP contribution is 2.15. The monoisotopic (exact) mass is 540 g/mol. The molecule has 3 rings (SSSR count). The van der Waals surface area contributed by atoms with Crippen LogP contribution in [0.4, 0.5) is 4.79 Å². The number of piperazine rings is 1. The van der Waals surface area contributed by atoms with Crippen molar-refractivity contribution in [3.63, 3.8) is 0 Å². The third-order valence-corrected chi connectivity index (χ3v) is 5.45. The van der Waals surface area contributed by atoms with Gasteiger partial charge in [0.15, 0.2) is 5.96 Å². The molecule has 0 atom stereocenters. The van der Waals surface area contributed by atoms with E-state index in [9.17, 15) is 4.79 Å². The van der Waals surface area contributed by atoms with Crippen molar-refractivity contribution in [1.82, 2.24) is 24.9 Å². The van der Waals surface area contributed by atoms with Gasteiger partial charge in [0.25, 0.3) is 0 Å². The Bertz CT molecular complexity index is 876. The second-order valence-corrected chi connectivity index (χ2v) is 7.37. The van der Waals surface area contributed by atoms with Gasteiger partial charge in [0.1, 0.15) is 0 Å². The SMILES string of the molecule is CCOC(=O)N1CCN(C(=NC)NCc2c(C)nn(Cc3ccccc3)c2C)CC1.I. The van der Waals surface area contributed by atoms with Crippen LogP contribution in [0.1, 0.15) is 29.4 Å². The Hall–Kier alpha value is -2.30. The molecule has 2 aromatic rings. The number of aryl methyl sites for hydroxylation is 1. The minimum Gasteiger partial charge on any atom is -0.450 e. The number of aliphatic imine (C=N–C) groups is 1. The van der Waals surface area contributed by atoms with Gasteiger partial charge in [0.2, 0.25) is 0 Å². The molecule has 1 aromatic heterocycles. The van der Waals surface area contributed by atoms with E-state index < -0.39 is 0 Å². The zero-order valence-corrected chi connectivity index (χ0v) is 21.1. The number of guanidine groups is 1. The topological polar surface area (TPSA) is 75.0 Å². The highest BCUT2D eigenvalue weighted by Gasteiger charge is 2.24. The summed E-state index contributed by atoms with van der Waals surface area (Å²) in [5.74, 6) is 0.841. The third kappa shape index (κ3) is 6.34. The predicted octanol–water partition coefficient (Wildman–Crippen LogP) is 3.02. The van der Waals surface area contributed by atoms with Crippen LogP contribution in [0.3, 0.4) is 0 Å². The number of hydrogen-bond donors (Lipinski definition) is 1. The number of ether oxygens (including phenoxy) is 1. The summed E-state index contributed by atoms with van der Waals surface area (Å²) >= 11 is 0. The van der Waals surface area contributed by atoms with Gasteiger partial charge in [-0.05, 0) is 26.3 Å². The maximum Gasteiger partial charge on any atom is 0.409 e. The summed E-state index contributed by atoms with van der Waals surface area (Å²) in [6.07, 6.45) is -0.239. The molecule has 1 amide bonds. The molecule has 1 aliphatic rings. The second-order valence-electron chi connectivity index (χ2n) is 7.37. The number of amides is 1. The number of nitrogens with one attached hydrogen (secondary N) is 1. The molecule has 0 bridgehead atoms. The van der Waals surface area contributed by atoms with Crippen molar-refractivity contribution in [3.05, 3.63) is 52.8 Å². The van der Waals surface area contributed by atoms with Gasteiger partial charge >= 0.3 is 6.09 Å². The van der Waals surface area contributed by atoms with E-state index in [1.54, 1.807) is 11.9 Å². The Kier molecular flexibility index (Phi) is 9.60. The van der Waals surface area contributed by atoms with E-state index in [0.717, 1.165) is 37.0 Å². The standard InChI is InChI=1S/C22H32N6O2.HI/c1-5-30-22(29)27-13-11-26(12-14-27)21(23-4)24-15-20-17(2)25-28(18(20)3)16-19-9-7-6-8-10-19;/h6-10H,5,11-16H2,1-4H3,(H,23,24);1H. The maximum absolute atomic E-state index is 11.9. The fourth-order valence-electron chi connectivity index (χ4n) is 3.72. The van der Waals surface area contributed by atoms with Crippen LogP contribution in [0.2, 0.25) is 0 Å². The molecule has 1 aromatic carbocycles. The predicted molar refractivity (Wildman–Crippen MR) is 133 cm³/mol. The van der Waals surface area contributed by atoms with E-state index in [1.165, 1.54) is 11.1 Å². The first-order valence-electron chi connectivity index (χ1n) is 10.5. The number of rotatable bonds is 5. The van der Waals surface area contributed by atoms with Crippen LogP contribution in [0.15, 0.2) is 35.3 Å². The molecule has 1 fully saturated rings. The quantitative estimate of drug-likeness (QED) is 0.359. The first-order chi connectivity index (χ1) is 14.5. The average molecular weight is 540 g/mol. The minimum absolute atomic E-state index is 0. The van der Waals surface area contributed by atoms with Crippen molar-refractivity contribution in [2.75, 3.05) is 39.8 Å². The lowest BCUT2D eigenvalue weighted by molar-refractivity contribution is 0.0914. The van der Waals surface area contributed by atoms with E-state index in [-0.39, 0.29) is 30.1 Å². The van der Waals surface area contributed by atoms with Crippen LogP contribution in [0.25, 0.3) is 0 Å². The maximum atomic E-state index is 11.9. The van der Waals surface area contributed by atoms with E-state index in [1.807, 2.05) is 19.9 Å². The number of nitrogens with zero attached hydrogens (tertiary/aromatic N) is 5. The molecule has 1 saturated heterocycles. The molecular formula is C22H33IN6O2. The molecule has 0 aliphatic carbocycles. The lowest BCUT2D eigenvalue weighted by Gasteiger charge is -2.35. The second kappa shape index (κ2) is 11.9. The summed E-state index contributed by atoms with van der Waals surface area (Å²) in [4.78, 5) is 20.3. The van der Waals surface area contributed by atoms with Crippen molar-refractivity contribution < 1.29 is 9.53 Å². The molecular weight excluding hydrogens is 507 g/mol. The molecule has 9 heteroatoms. The van der Waals surface area contributed by atoms with Crippen LogP contribution >= 0.6 is 24.0 Å². The zero-order valence-electron chi connectivity index (χ0n) is 18.8.